The van der Waals surface area contributed by atoms with E-state index in [1.807, 2.05) is 23.9 Å². The summed E-state index contributed by atoms with van der Waals surface area (Å²) in [7, 11) is 0. The van der Waals surface area contributed by atoms with E-state index in [1.165, 1.54) is 38.3 Å². The van der Waals surface area contributed by atoms with E-state index in [1.54, 1.807) is 0 Å². The Morgan fingerprint density at radius 1 is 1.15 bits per heavy atom. The summed E-state index contributed by atoms with van der Waals surface area (Å²) < 4.78 is 12.8. The number of piperazine rings is 1. The molecule has 1 aromatic carbocycles. The fraction of sp³-hybridized carbons (Fsp3) is 0.600. The van der Waals surface area contributed by atoms with Crippen molar-refractivity contribution in [2.24, 2.45) is 0 Å². The smallest absolute Gasteiger partial charge is 0.123 e. The minimum absolute atomic E-state index is 0.157. The van der Waals surface area contributed by atoms with Gasteiger partial charge in [-0.05, 0) is 24.3 Å². The average molecular weight is 295 g/mol. The van der Waals surface area contributed by atoms with E-state index >= 15 is 0 Å². The van der Waals surface area contributed by atoms with E-state index in [2.05, 4.69) is 15.1 Å². The summed E-state index contributed by atoms with van der Waals surface area (Å²) in [5.41, 5.74) is 0. The van der Waals surface area contributed by atoms with Crippen LogP contribution < -0.4 is 5.32 Å². The Bertz CT molecular complexity index is 414. The molecular weight excluding hydrogens is 273 g/mol. The van der Waals surface area contributed by atoms with Gasteiger partial charge in [-0.2, -0.15) is 0 Å². The van der Waals surface area contributed by atoms with Gasteiger partial charge in [0.15, 0.2) is 0 Å². The van der Waals surface area contributed by atoms with Crippen LogP contribution >= 0.6 is 11.8 Å². The van der Waals surface area contributed by atoms with Gasteiger partial charge in [0, 0.05) is 62.5 Å². The van der Waals surface area contributed by atoms with Gasteiger partial charge < -0.3 is 5.32 Å². The molecule has 0 bridgehead atoms. The van der Waals surface area contributed by atoms with Gasteiger partial charge in [0.25, 0.3) is 0 Å². The molecule has 2 aliphatic heterocycles. The highest BCUT2D eigenvalue weighted by Crippen LogP contribution is 2.20. The fourth-order valence-corrected chi connectivity index (χ4v) is 3.74. The normalized spacial score (nSPS) is 21.9. The molecule has 0 aromatic heterocycles. The summed E-state index contributed by atoms with van der Waals surface area (Å²) in [6.45, 7) is 8.22. The molecule has 0 radical (unpaired) electrons. The van der Waals surface area contributed by atoms with Crippen LogP contribution in [0, 0.1) is 5.82 Å². The van der Waals surface area contributed by atoms with E-state index in [-0.39, 0.29) is 5.82 Å². The lowest BCUT2D eigenvalue weighted by Crippen LogP contribution is -2.62. The zero-order valence-corrected chi connectivity index (χ0v) is 12.5. The zero-order valence-electron chi connectivity index (χ0n) is 11.7. The quantitative estimate of drug-likeness (QED) is 0.830. The Kier molecular flexibility index (Phi) is 4.94. The number of hydrogen-bond acceptors (Lipinski definition) is 4. The van der Waals surface area contributed by atoms with Crippen molar-refractivity contribution in [2.75, 3.05) is 51.6 Å². The van der Waals surface area contributed by atoms with Crippen molar-refractivity contribution < 1.29 is 4.39 Å². The zero-order chi connectivity index (χ0) is 13.8. The molecule has 3 rings (SSSR count). The molecule has 2 fully saturated rings. The molecule has 0 aliphatic carbocycles. The predicted octanol–water partition coefficient (Wildman–Crippen LogP) is 1.51. The molecule has 0 atom stereocenters. The van der Waals surface area contributed by atoms with Crippen molar-refractivity contribution in [1.82, 2.24) is 15.1 Å². The number of hydrogen-bond donors (Lipinski definition) is 1. The number of nitrogens with one attached hydrogen (secondary N) is 1. The highest BCUT2D eigenvalue weighted by atomic mass is 32.2. The van der Waals surface area contributed by atoms with Crippen LogP contribution in [-0.4, -0.2) is 67.4 Å². The molecule has 20 heavy (non-hydrogen) atoms. The van der Waals surface area contributed by atoms with E-state index in [0.29, 0.717) is 0 Å². The number of thioether (sulfide) groups is 1. The number of nitrogens with zero attached hydrogens (tertiary/aromatic N) is 2. The predicted molar refractivity (Wildman–Crippen MR) is 81.8 cm³/mol. The van der Waals surface area contributed by atoms with Gasteiger partial charge in [0.1, 0.15) is 5.82 Å². The third-order valence-corrected chi connectivity index (χ3v) is 5.09. The Labute approximate surface area is 124 Å². The molecule has 3 nitrogen and oxygen atoms in total. The summed E-state index contributed by atoms with van der Waals surface area (Å²) in [5.74, 6) is 0.927. The van der Waals surface area contributed by atoms with Crippen molar-refractivity contribution in [3.8, 4) is 0 Å². The van der Waals surface area contributed by atoms with Crippen LogP contribution in [0.1, 0.15) is 0 Å². The van der Waals surface area contributed by atoms with Crippen LogP contribution in [0.5, 0.6) is 0 Å². The lowest BCUT2D eigenvalue weighted by molar-refractivity contribution is 0.0316. The molecule has 1 N–H and O–H groups in total. The highest BCUT2D eigenvalue weighted by molar-refractivity contribution is 7.99. The largest absolute Gasteiger partial charge is 0.314 e. The average Bonchev–Trinajstić information content (AvgIpc) is 2.44. The molecule has 110 valence electrons. The van der Waals surface area contributed by atoms with Crippen LogP contribution in [0.4, 0.5) is 4.39 Å². The van der Waals surface area contributed by atoms with E-state index in [0.717, 1.165) is 36.3 Å². The topological polar surface area (TPSA) is 18.5 Å². The maximum absolute atomic E-state index is 12.8. The minimum atomic E-state index is -0.157. The molecule has 0 unspecified atom stereocenters. The second-order valence-electron chi connectivity index (χ2n) is 5.50. The maximum atomic E-state index is 12.8. The first-order valence-electron chi connectivity index (χ1n) is 7.37. The molecule has 0 amide bonds. The van der Waals surface area contributed by atoms with Crippen LogP contribution in [0.15, 0.2) is 29.2 Å². The van der Waals surface area contributed by atoms with Gasteiger partial charge in [0.2, 0.25) is 0 Å². The third kappa shape index (κ3) is 3.73. The van der Waals surface area contributed by atoms with E-state index in [9.17, 15) is 4.39 Å². The summed E-state index contributed by atoms with van der Waals surface area (Å²) in [5, 5.41) is 3.40. The summed E-state index contributed by atoms with van der Waals surface area (Å²) in [4.78, 5) is 6.29. The summed E-state index contributed by atoms with van der Waals surface area (Å²) in [6, 6.07) is 7.56. The molecule has 1 aromatic rings. The molecule has 2 heterocycles. The third-order valence-electron chi connectivity index (χ3n) is 4.10. The van der Waals surface area contributed by atoms with Gasteiger partial charge in [-0.15, -0.1) is 11.8 Å². The van der Waals surface area contributed by atoms with Crippen molar-refractivity contribution in [2.45, 2.75) is 10.9 Å². The van der Waals surface area contributed by atoms with E-state index < -0.39 is 0 Å². The maximum Gasteiger partial charge on any atom is 0.123 e. The Hall–Kier alpha value is -0.620. The Morgan fingerprint density at radius 3 is 2.55 bits per heavy atom. The first-order chi connectivity index (χ1) is 9.81. The molecular formula is C15H22FN3S. The molecule has 0 spiro atoms. The van der Waals surface area contributed by atoms with Crippen LogP contribution in [0.25, 0.3) is 0 Å². The van der Waals surface area contributed by atoms with Crippen LogP contribution in [-0.2, 0) is 0 Å². The summed E-state index contributed by atoms with van der Waals surface area (Å²) >= 11 is 1.81. The molecule has 2 saturated heterocycles. The molecule has 5 heteroatoms. The standard InChI is InChI=1S/C15H22FN3S/c16-13-1-3-15(4-2-13)20-10-9-18-11-14(12-18)19-7-5-17-6-8-19/h1-4,14,17H,5-12H2. The Balaban J connectivity index is 1.32. The second-order valence-corrected chi connectivity index (χ2v) is 6.67. The number of rotatable bonds is 5. The van der Waals surface area contributed by atoms with Crippen molar-refractivity contribution in [3.05, 3.63) is 30.1 Å². The van der Waals surface area contributed by atoms with Crippen molar-refractivity contribution in [1.29, 1.82) is 0 Å². The minimum Gasteiger partial charge on any atom is -0.314 e. The van der Waals surface area contributed by atoms with Gasteiger partial charge in [-0.25, -0.2) is 4.39 Å². The second kappa shape index (κ2) is 6.89. The number of benzene rings is 1. The SMILES string of the molecule is Fc1ccc(SCCN2CC(N3CCNCC3)C2)cc1. The Morgan fingerprint density at radius 2 is 1.85 bits per heavy atom. The molecule has 0 saturated carbocycles. The van der Waals surface area contributed by atoms with Crippen LogP contribution in [0.2, 0.25) is 0 Å². The van der Waals surface area contributed by atoms with Gasteiger partial charge in [-0.3, -0.25) is 9.80 Å². The lowest BCUT2D eigenvalue weighted by Gasteiger charge is -2.46. The van der Waals surface area contributed by atoms with Gasteiger partial charge >= 0.3 is 0 Å². The van der Waals surface area contributed by atoms with Gasteiger partial charge in [-0.1, -0.05) is 0 Å². The number of halogens is 1. The van der Waals surface area contributed by atoms with Crippen molar-refractivity contribution >= 4 is 11.8 Å². The van der Waals surface area contributed by atoms with Crippen LogP contribution in [0.3, 0.4) is 0 Å². The summed E-state index contributed by atoms with van der Waals surface area (Å²) in [6.07, 6.45) is 0. The first kappa shape index (κ1) is 14.3. The monoisotopic (exact) mass is 295 g/mol. The molecule has 2 aliphatic rings. The highest BCUT2D eigenvalue weighted by Gasteiger charge is 2.31. The van der Waals surface area contributed by atoms with Crippen molar-refractivity contribution in [3.63, 3.8) is 0 Å². The fourth-order valence-electron chi connectivity index (χ4n) is 2.83. The number of likely N-dealkylation sites (tertiary alicyclic amines) is 1. The lowest BCUT2D eigenvalue weighted by atomic mass is 10.1. The van der Waals surface area contributed by atoms with Gasteiger partial charge in [0.05, 0.1) is 0 Å². The first-order valence-corrected chi connectivity index (χ1v) is 8.35. The van der Waals surface area contributed by atoms with E-state index in [4.69, 9.17) is 0 Å².